The molecule has 106 valence electrons. The first-order valence-electron chi connectivity index (χ1n) is 6.83. The maximum Gasteiger partial charge on any atom is 0.210 e. The van der Waals surface area contributed by atoms with E-state index in [9.17, 15) is 8.42 Å². The zero-order valence-electron chi connectivity index (χ0n) is 11.0. The summed E-state index contributed by atoms with van der Waals surface area (Å²) in [5.74, 6) is 0.0128. The van der Waals surface area contributed by atoms with Crippen LogP contribution in [0.25, 0.3) is 0 Å². The lowest BCUT2D eigenvalue weighted by Crippen LogP contribution is -2.63. The molecule has 2 unspecified atom stereocenters. The van der Waals surface area contributed by atoms with E-state index in [-0.39, 0.29) is 11.2 Å². The first-order chi connectivity index (χ1) is 8.48. The van der Waals surface area contributed by atoms with Crippen LogP contribution >= 0.6 is 0 Å². The van der Waals surface area contributed by atoms with Crippen LogP contribution in [0.1, 0.15) is 39.0 Å². The van der Waals surface area contributed by atoms with E-state index >= 15 is 0 Å². The van der Waals surface area contributed by atoms with Crippen molar-refractivity contribution in [3.8, 4) is 0 Å². The van der Waals surface area contributed by atoms with Gasteiger partial charge in [0.05, 0.1) is 11.9 Å². The van der Waals surface area contributed by atoms with E-state index in [1.54, 1.807) is 0 Å². The first kappa shape index (κ1) is 14.2. The monoisotopic (exact) mass is 276 g/mol. The Kier molecular flexibility index (Phi) is 4.31. The largest absolute Gasteiger partial charge is 0.378 e. The van der Waals surface area contributed by atoms with Gasteiger partial charge in [-0.05, 0) is 26.2 Å². The van der Waals surface area contributed by atoms with Crippen molar-refractivity contribution in [3.63, 3.8) is 0 Å². The second-order valence-electron chi connectivity index (χ2n) is 5.49. The fraction of sp³-hybridized carbons (Fsp3) is 1.00. The van der Waals surface area contributed by atoms with E-state index in [1.807, 2.05) is 6.92 Å². The third-order valence-corrected chi connectivity index (χ3v) is 5.24. The van der Waals surface area contributed by atoms with Crippen molar-refractivity contribution in [3.05, 3.63) is 0 Å². The minimum atomic E-state index is -3.36. The highest BCUT2D eigenvalue weighted by Crippen LogP contribution is 2.54. The van der Waals surface area contributed by atoms with Crippen LogP contribution in [-0.2, 0) is 14.8 Å². The Hall–Kier alpha value is -0.170. The van der Waals surface area contributed by atoms with Crippen molar-refractivity contribution in [2.45, 2.75) is 51.2 Å². The lowest BCUT2D eigenvalue weighted by Gasteiger charge is -2.54. The van der Waals surface area contributed by atoms with Crippen LogP contribution in [0.2, 0.25) is 0 Å². The van der Waals surface area contributed by atoms with Crippen LogP contribution in [0.5, 0.6) is 0 Å². The van der Waals surface area contributed by atoms with Crippen LogP contribution in [-0.4, -0.2) is 39.5 Å². The second kappa shape index (κ2) is 5.45. The SMILES string of the molecule is CCOC1CC(NCCS(N)(=O)=O)C12CCCC2. The molecular weight excluding hydrogens is 252 g/mol. The van der Waals surface area contributed by atoms with E-state index < -0.39 is 10.0 Å². The number of nitrogens with two attached hydrogens (primary N) is 1. The summed E-state index contributed by atoms with van der Waals surface area (Å²) in [6.07, 6.45) is 6.28. The maximum absolute atomic E-state index is 10.9. The zero-order chi connectivity index (χ0) is 13.2. The van der Waals surface area contributed by atoms with Gasteiger partial charge in [0.25, 0.3) is 0 Å². The van der Waals surface area contributed by atoms with Crippen molar-refractivity contribution in [2.24, 2.45) is 10.6 Å². The summed E-state index contributed by atoms with van der Waals surface area (Å²) < 4.78 is 27.6. The van der Waals surface area contributed by atoms with Gasteiger partial charge in [-0.1, -0.05) is 12.8 Å². The summed E-state index contributed by atoms with van der Waals surface area (Å²) >= 11 is 0. The van der Waals surface area contributed by atoms with Crippen LogP contribution in [0.3, 0.4) is 0 Å². The Morgan fingerprint density at radius 3 is 2.61 bits per heavy atom. The molecule has 0 heterocycles. The highest BCUT2D eigenvalue weighted by molar-refractivity contribution is 7.89. The predicted molar refractivity (Wildman–Crippen MR) is 70.7 cm³/mol. The summed E-state index contributed by atoms with van der Waals surface area (Å²) in [7, 11) is -3.36. The lowest BCUT2D eigenvalue weighted by atomic mass is 9.60. The van der Waals surface area contributed by atoms with Crippen molar-refractivity contribution < 1.29 is 13.2 Å². The number of rotatable bonds is 6. The normalized spacial score (nSPS) is 30.6. The van der Waals surface area contributed by atoms with Gasteiger partial charge in [-0.3, -0.25) is 0 Å². The summed E-state index contributed by atoms with van der Waals surface area (Å²) in [6.45, 7) is 3.24. The van der Waals surface area contributed by atoms with Gasteiger partial charge >= 0.3 is 0 Å². The van der Waals surface area contributed by atoms with E-state index in [1.165, 1.54) is 25.7 Å². The quantitative estimate of drug-likeness (QED) is 0.744. The molecule has 2 atom stereocenters. The van der Waals surface area contributed by atoms with Crippen molar-refractivity contribution >= 4 is 10.0 Å². The molecule has 1 spiro atoms. The molecule has 0 amide bonds. The first-order valence-corrected chi connectivity index (χ1v) is 8.55. The van der Waals surface area contributed by atoms with Gasteiger partial charge in [-0.15, -0.1) is 0 Å². The molecule has 6 heteroatoms. The summed E-state index contributed by atoms with van der Waals surface area (Å²) in [5, 5.41) is 8.37. The topological polar surface area (TPSA) is 81.4 Å². The molecule has 0 aliphatic heterocycles. The number of hydrogen-bond donors (Lipinski definition) is 2. The number of sulfonamides is 1. The highest BCUT2D eigenvalue weighted by Gasteiger charge is 2.56. The number of hydrogen-bond acceptors (Lipinski definition) is 4. The fourth-order valence-electron chi connectivity index (χ4n) is 3.55. The van der Waals surface area contributed by atoms with Gasteiger partial charge < -0.3 is 10.1 Å². The average molecular weight is 276 g/mol. The molecule has 2 aliphatic rings. The molecule has 0 radical (unpaired) electrons. The van der Waals surface area contributed by atoms with E-state index in [4.69, 9.17) is 9.88 Å². The van der Waals surface area contributed by atoms with Gasteiger partial charge in [0.15, 0.2) is 0 Å². The van der Waals surface area contributed by atoms with Crippen molar-refractivity contribution in [2.75, 3.05) is 18.9 Å². The lowest BCUT2D eigenvalue weighted by molar-refractivity contribution is -0.129. The number of nitrogens with one attached hydrogen (secondary N) is 1. The van der Waals surface area contributed by atoms with Crippen molar-refractivity contribution in [1.82, 2.24) is 5.32 Å². The molecule has 5 nitrogen and oxygen atoms in total. The molecule has 0 aromatic rings. The van der Waals surface area contributed by atoms with Gasteiger partial charge in [-0.25, -0.2) is 13.6 Å². The summed E-state index contributed by atoms with van der Waals surface area (Å²) in [5.41, 5.74) is 0.258. The van der Waals surface area contributed by atoms with E-state index in [0.29, 0.717) is 18.7 Å². The van der Waals surface area contributed by atoms with Crippen LogP contribution < -0.4 is 10.5 Å². The minimum absolute atomic E-state index is 0.0128. The van der Waals surface area contributed by atoms with E-state index in [0.717, 1.165) is 13.0 Å². The van der Waals surface area contributed by atoms with E-state index in [2.05, 4.69) is 5.32 Å². The Morgan fingerprint density at radius 2 is 2.06 bits per heavy atom. The van der Waals surface area contributed by atoms with Crippen LogP contribution in [0.15, 0.2) is 0 Å². The standard InChI is InChI=1S/C12H24N2O3S/c1-2-17-11-9-10(12(11)5-3-4-6-12)14-7-8-18(13,15)16/h10-11,14H,2-9H2,1H3,(H2,13,15,16). The molecule has 2 aliphatic carbocycles. The molecular formula is C12H24N2O3S. The Morgan fingerprint density at radius 1 is 1.39 bits per heavy atom. The van der Waals surface area contributed by atoms with Crippen molar-refractivity contribution in [1.29, 1.82) is 0 Å². The Labute approximate surface area is 110 Å². The molecule has 0 saturated heterocycles. The van der Waals surface area contributed by atoms with Gasteiger partial charge in [0, 0.05) is 24.6 Å². The average Bonchev–Trinajstić information content (AvgIpc) is 2.77. The van der Waals surface area contributed by atoms with Gasteiger partial charge in [0.2, 0.25) is 10.0 Å². The third-order valence-electron chi connectivity index (χ3n) is 4.46. The second-order valence-corrected chi connectivity index (χ2v) is 7.23. The van der Waals surface area contributed by atoms with Gasteiger partial charge in [-0.2, -0.15) is 0 Å². The number of primary sulfonamides is 1. The third kappa shape index (κ3) is 2.87. The highest BCUT2D eigenvalue weighted by atomic mass is 32.2. The summed E-state index contributed by atoms with van der Waals surface area (Å²) in [6, 6.07) is 0.401. The summed E-state index contributed by atoms with van der Waals surface area (Å²) in [4.78, 5) is 0. The maximum atomic E-state index is 10.9. The molecule has 2 rings (SSSR count). The Balaban J connectivity index is 1.86. The van der Waals surface area contributed by atoms with Crippen LogP contribution in [0.4, 0.5) is 0 Å². The van der Waals surface area contributed by atoms with Crippen LogP contribution in [0, 0.1) is 5.41 Å². The molecule has 0 aromatic carbocycles. The molecule has 18 heavy (non-hydrogen) atoms. The molecule has 2 saturated carbocycles. The Bertz CT molecular complexity index is 377. The fourth-order valence-corrected chi connectivity index (χ4v) is 3.95. The molecule has 2 fully saturated rings. The molecule has 0 aromatic heterocycles. The van der Waals surface area contributed by atoms with Gasteiger partial charge in [0.1, 0.15) is 0 Å². The molecule has 3 N–H and O–H groups in total. The number of ether oxygens (including phenoxy) is 1. The zero-order valence-corrected chi connectivity index (χ0v) is 11.8. The predicted octanol–water partition coefficient (Wildman–Crippen LogP) is 0.602. The minimum Gasteiger partial charge on any atom is -0.378 e. The molecule has 0 bridgehead atoms. The smallest absolute Gasteiger partial charge is 0.210 e.